The Kier molecular flexibility index (Phi) is 5.08. The van der Waals surface area contributed by atoms with E-state index in [0.29, 0.717) is 0 Å². The summed E-state index contributed by atoms with van der Waals surface area (Å²) < 4.78 is 13.8. The standard InChI is InChI=1S/C38H23O2PS/c42-41-34-20-18-25-12-4-6-16-30(25)36(34)39-32-22-27(29-15-9-8-14-28(29)24-10-2-1-3-11-24)23-33(38(32)41)40-37-31-17-7-5-13-26(31)19-21-35(37)41/h1-23H. The average molecular weight is 575 g/mol. The quantitative estimate of drug-likeness (QED) is 0.192. The van der Waals surface area contributed by atoms with Crippen LogP contribution in [0.3, 0.4) is 0 Å². The van der Waals surface area contributed by atoms with Crippen LogP contribution in [-0.4, -0.2) is 0 Å². The highest BCUT2D eigenvalue weighted by Gasteiger charge is 2.44. The molecule has 0 radical (unpaired) electrons. The minimum atomic E-state index is -2.52. The van der Waals surface area contributed by atoms with Crippen molar-refractivity contribution in [3.8, 4) is 45.3 Å². The molecular weight excluding hydrogens is 551 g/mol. The van der Waals surface area contributed by atoms with Crippen molar-refractivity contribution in [2.75, 3.05) is 0 Å². The van der Waals surface area contributed by atoms with E-state index in [1.165, 1.54) is 5.56 Å². The number of benzene rings is 7. The Balaban J connectivity index is 1.38. The van der Waals surface area contributed by atoms with E-state index >= 15 is 0 Å². The van der Waals surface area contributed by atoms with Crippen molar-refractivity contribution >= 4 is 55.3 Å². The zero-order valence-corrected chi connectivity index (χ0v) is 24.2. The van der Waals surface area contributed by atoms with E-state index in [4.69, 9.17) is 21.3 Å². The first kappa shape index (κ1) is 24.0. The summed E-state index contributed by atoms with van der Waals surface area (Å²) >= 11 is 6.90. The number of hydrogen-bond acceptors (Lipinski definition) is 3. The molecule has 0 spiro atoms. The van der Waals surface area contributed by atoms with Crippen LogP contribution in [0.4, 0.5) is 0 Å². The maximum absolute atomic E-state index is 6.90. The van der Waals surface area contributed by atoms with Crippen LogP contribution in [0, 0.1) is 0 Å². The summed E-state index contributed by atoms with van der Waals surface area (Å²) in [6.07, 6.45) is 0. The van der Waals surface area contributed by atoms with Gasteiger partial charge in [-0.25, -0.2) is 0 Å². The van der Waals surface area contributed by atoms with Crippen LogP contribution in [-0.2, 0) is 11.8 Å². The Morgan fingerprint density at radius 2 is 0.929 bits per heavy atom. The van der Waals surface area contributed by atoms with Crippen LogP contribution in [0.15, 0.2) is 140 Å². The molecule has 198 valence electrons. The SMILES string of the molecule is S=P12c3ccc4ccccc4c3Oc3cc(-c4ccccc4-c4ccccc4)cc(c31)Oc1c2ccc2ccccc12. The third-order valence-corrected chi connectivity index (χ3v) is 13.4. The van der Waals surface area contributed by atoms with E-state index in [2.05, 4.69) is 133 Å². The monoisotopic (exact) mass is 574 g/mol. The first-order valence-corrected chi connectivity index (χ1v) is 16.8. The third kappa shape index (κ3) is 3.30. The van der Waals surface area contributed by atoms with Gasteiger partial charge in [-0.1, -0.05) is 127 Å². The van der Waals surface area contributed by atoms with E-state index < -0.39 is 6.04 Å². The fraction of sp³-hybridized carbons (Fsp3) is 0. The predicted octanol–water partition coefficient (Wildman–Crippen LogP) is 9.29. The molecule has 0 aromatic heterocycles. The largest absolute Gasteiger partial charge is 0.455 e. The number of rotatable bonds is 2. The fourth-order valence-corrected chi connectivity index (χ4v) is 11.0. The molecule has 0 atom stereocenters. The molecule has 9 rings (SSSR count). The lowest BCUT2D eigenvalue weighted by molar-refractivity contribution is 0.472. The fourth-order valence-electron chi connectivity index (χ4n) is 6.57. The predicted molar refractivity (Wildman–Crippen MR) is 179 cm³/mol. The molecule has 2 nitrogen and oxygen atoms in total. The molecule has 2 aliphatic heterocycles. The van der Waals surface area contributed by atoms with E-state index in [0.717, 1.165) is 77.1 Å². The minimum absolute atomic E-state index is 0.788. The highest BCUT2D eigenvalue weighted by atomic mass is 32.4. The molecular formula is C38H23O2PS. The van der Waals surface area contributed by atoms with Crippen LogP contribution in [0.5, 0.6) is 23.0 Å². The summed E-state index contributed by atoms with van der Waals surface area (Å²) in [5, 5.41) is 7.61. The highest BCUT2D eigenvalue weighted by Crippen LogP contribution is 2.61. The zero-order valence-electron chi connectivity index (χ0n) is 22.5. The van der Waals surface area contributed by atoms with Gasteiger partial charge in [0.15, 0.2) is 0 Å². The van der Waals surface area contributed by atoms with Crippen molar-refractivity contribution in [1.82, 2.24) is 0 Å². The van der Waals surface area contributed by atoms with Crippen molar-refractivity contribution in [3.63, 3.8) is 0 Å². The van der Waals surface area contributed by atoms with E-state index in [-0.39, 0.29) is 0 Å². The van der Waals surface area contributed by atoms with Gasteiger partial charge in [0.05, 0.1) is 11.3 Å². The molecule has 4 heteroatoms. The lowest BCUT2D eigenvalue weighted by Crippen LogP contribution is -2.35. The first-order chi connectivity index (χ1) is 20.7. The molecule has 2 heterocycles. The van der Waals surface area contributed by atoms with E-state index in [9.17, 15) is 0 Å². The van der Waals surface area contributed by atoms with Crippen LogP contribution in [0.2, 0.25) is 0 Å². The van der Waals surface area contributed by atoms with Gasteiger partial charge >= 0.3 is 0 Å². The van der Waals surface area contributed by atoms with Crippen molar-refractivity contribution < 1.29 is 9.47 Å². The van der Waals surface area contributed by atoms with Gasteiger partial charge in [0, 0.05) is 21.4 Å². The molecule has 0 saturated heterocycles. The second kappa shape index (κ2) is 8.90. The maximum atomic E-state index is 6.90. The second-order valence-corrected chi connectivity index (χ2v) is 15.1. The summed E-state index contributed by atoms with van der Waals surface area (Å²) in [5.74, 6) is 3.31. The summed E-state index contributed by atoms with van der Waals surface area (Å²) in [4.78, 5) is 0. The van der Waals surface area contributed by atoms with Crippen molar-refractivity contribution in [3.05, 3.63) is 140 Å². The van der Waals surface area contributed by atoms with Crippen LogP contribution >= 0.6 is 6.04 Å². The molecule has 2 aliphatic rings. The van der Waals surface area contributed by atoms with Crippen LogP contribution in [0.1, 0.15) is 0 Å². The summed E-state index contributed by atoms with van der Waals surface area (Å²) in [5.41, 5.74) is 4.49. The number of hydrogen-bond donors (Lipinski definition) is 0. The van der Waals surface area contributed by atoms with Gasteiger partial charge in [-0.15, -0.1) is 0 Å². The Hall–Kier alpha value is -4.69. The molecule has 0 fully saturated rings. The summed E-state index contributed by atoms with van der Waals surface area (Å²) in [7, 11) is 0. The second-order valence-electron chi connectivity index (χ2n) is 10.8. The average Bonchev–Trinajstić information content (AvgIpc) is 3.05. The number of ether oxygens (including phenoxy) is 2. The molecule has 0 saturated carbocycles. The Bertz CT molecular complexity index is 2180. The summed E-state index contributed by atoms with van der Waals surface area (Å²) in [6, 6.07) is 46.4. The maximum Gasteiger partial charge on any atom is 0.144 e. The molecule has 0 unspecified atom stereocenters. The minimum Gasteiger partial charge on any atom is -0.455 e. The number of fused-ring (bicyclic) bond motifs is 8. The van der Waals surface area contributed by atoms with Crippen LogP contribution in [0.25, 0.3) is 43.8 Å². The van der Waals surface area contributed by atoms with Gasteiger partial charge in [-0.2, -0.15) is 0 Å². The van der Waals surface area contributed by atoms with Crippen molar-refractivity contribution in [2.24, 2.45) is 0 Å². The third-order valence-electron chi connectivity index (χ3n) is 8.50. The molecule has 0 aliphatic carbocycles. The van der Waals surface area contributed by atoms with Gasteiger partial charge in [-0.05, 0) is 57.3 Å². The van der Waals surface area contributed by atoms with Gasteiger partial charge < -0.3 is 9.47 Å². The highest BCUT2D eigenvalue weighted by molar-refractivity contribution is 8.26. The van der Waals surface area contributed by atoms with Crippen LogP contribution < -0.4 is 25.4 Å². The lowest BCUT2D eigenvalue weighted by Gasteiger charge is -2.38. The topological polar surface area (TPSA) is 18.5 Å². The Morgan fingerprint density at radius 1 is 0.452 bits per heavy atom. The van der Waals surface area contributed by atoms with Crippen molar-refractivity contribution in [2.45, 2.75) is 0 Å². The van der Waals surface area contributed by atoms with Gasteiger partial charge in [0.1, 0.15) is 23.0 Å². The Morgan fingerprint density at radius 3 is 1.50 bits per heavy atom. The first-order valence-electron chi connectivity index (χ1n) is 14.0. The molecule has 0 bridgehead atoms. The summed E-state index contributed by atoms with van der Waals surface area (Å²) in [6.45, 7) is 0. The molecule has 7 aromatic rings. The molecule has 42 heavy (non-hydrogen) atoms. The smallest absolute Gasteiger partial charge is 0.144 e. The molecule has 0 N–H and O–H groups in total. The van der Waals surface area contributed by atoms with Gasteiger partial charge in [-0.3, -0.25) is 0 Å². The normalized spacial score (nSPS) is 13.9. The molecule has 7 aromatic carbocycles. The van der Waals surface area contributed by atoms with Gasteiger partial charge in [0.25, 0.3) is 0 Å². The van der Waals surface area contributed by atoms with Gasteiger partial charge in [0.2, 0.25) is 0 Å². The van der Waals surface area contributed by atoms with E-state index in [1.807, 2.05) is 6.07 Å². The lowest BCUT2D eigenvalue weighted by atomic mass is 9.94. The Labute approximate surface area is 248 Å². The zero-order chi connectivity index (χ0) is 27.8. The molecule has 0 amide bonds. The van der Waals surface area contributed by atoms with E-state index in [1.54, 1.807) is 0 Å². The van der Waals surface area contributed by atoms with Crippen molar-refractivity contribution in [1.29, 1.82) is 0 Å².